The molecule has 0 saturated heterocycles. The molecular weight excluding hydrogens is 463 g/mol. The normalized spacial score (nSPS) is 22.0. The first kappa shape index (κ1) is 22.3. The van der Waals surface area contributed by atoms with Gasteiger partial charge in [-0.05, 0) is 0 Å². The zero-order chi connectivity index (χ0) is 19.9. The van der Waals surface area contributed by atoms with Gasteiger partial charge in [-0.15, -0.1) is 0 Å². The Bertz CT molecular complexity index is 554. The zero-order valence-corrected chi connectivity index (χ0v) is 22.0. The molecule has 0 fully saturated rings. The summed E-state index contributed by atoms with van der Waals surface area (Å²) in [4.78, 5) is 0. The van der Waals surface area contributed by atoms with Gasteiger partial charge in [-0.1, -0.05) is 0 Å². The van der Waals surface area contributed by atoms with Crippen molar-refractivity contribution in [3.05, 3.63) is 72.9 Å². The van der Waals surface area contributed by atoms with Gasteiger partial charge in [-0.3, -0.25) is 0 Å². The van der Waals surface area contributed by atoms with Crippen molar-refractivity contribution in [3.8, 4) is 0 Å². The number of hydrogen-bond acceptors (Lipinski definition) is 0. The zero-order valence-electron chi connectivity index (χ0n) is 18.4. The minimum atomic E-state index is -2.59. The molecule has 0 nitrogen and oxygen atoms in total. The second kappa shape index (κ2) is 10.1. The van der Waals surface area contributed by atoms with E-state index in [9.17, 15) is 0 Å². The molecule has 3 aliphatic carbocycles. The second-order valence-electron chi connectivity index (χ2n) is 9.24. The summed E-state index contributed by atoms with van der Waals surface area (Å²) in [6.45, 7) is 7.06. The van der Waals surface area contributed by atoms with Gasteiger partial charge in [-0.2, -0.15) is 0 Å². The van der Waals surface area contributed by atoms with E-state index in [4.69, 9.17) is 0 Å². The molecule has 0 aromatic carbocycles. The molecule has 28 heavy (non-hydrogen) atoms. The summed E-state index contributed by atoms with van der Waals surface area (Å²) in [5, 5.41) is 0. The van der Waals surface area contributed by atoms with Gasteiger partial charge in [0, 0.05) is 0 Å². The van der Waals surface area contributed by atoms with Crippen molar-refractivity contribution in [2.75, 3.05) is 0 Å². The van der Waals surface area contributed by atoms with Crippen LogP contribution in [0.3, 0.4) is 0 Å². The molecule has 0 amide bonds. The average molecular weight is 503 g/mol. The summed E-state index contributed by atoms with van der Waals surface area (Å²) in [5.74, 6) is 0. The van der Waals surface area contributed by atoms with Crippen LogP contribution in [0.5, 0.6) is 0 Å². The number of unbranched alkanes of at least 4 members (excludes halogenated alkanes) is 3. The van der Waals surface area contributed by atoms with Gasteiger partial charge in [0.1, 0.15) is 0 Å². The molecule has 0 aromatic heterocycles. The van der Waals surface area contributed by atoms with Crippen molar-refractivity contribution < 1.29 is 30.0 Å². The summed E-state index contributed by atoms with van der Waals surface area (Å²) >= 11 is -2.59. The van der Waals surface area contributed by atoms with E-state index in [0.717, 1.165) is 0 Å². The van der Waals surface area contributed by atoms with Crippen LogP contribution >= 0.6 is 0 Å². The number of hydrogen-bond donors (Lipinski definition) is 0. The molecule has 0 aromatic rings. The van der Waals surface area contributed by atoms with Crippen LogP contribution in [0.4, 0.5) is 0 Å². The Kier molecular flexibility index (Phi) is 8.05. The molecule has 0 heterocycles. The van der Waals surface area contributed by atoms with E-state index < -0.39 is 30.0 Å². The van der Waals surface area contributed by atoms with E-state index in [1.807, 2.05) is 0 Å². The third-order valence-electron chi connectivity index (χ3n) is 7.27. The van der Waals surface area contributed by atoms with Crippen LogP contribution in [0.1, 0.15) is 78.6 Å². The maximum absolute atomic E-state index is 2.65. The molecule has 0 spiro atoms. The van der Waals surface area contributed by atoms with E-state index in [-0.39, 0.29) is 0 Å². The molecule has 0 saturated carbocycles. The molecule has 150 valence electrons. The number of allylic oxidation sites excluding steroid dienone is 12. The SMILES string of the molecule is CCCC[C]1([La]([C]2(CCCC)C=CC=C2)[C]2(CCCC)C=CC=C2)C=CC=C1. The summed E-state index contributed by atoms with van der Waals surface area (Å²) in [6, 6.07) is 0. The van der Waals surface area contributed by atoms with Gasteiger partial charge < -0.3 is 0 Å². The Morgan fingerprint density at radius 3 is 0.929 bits per heavy atom. The standard InChI is InChI=1S/3C9H13.La/c3*1-2-3-6-9-7-4-5-8-9;/h3*4-5,7-8H,2-3,6H2,1H3;. The fourth-order valence-corrected chi connectivity index (χ4v) is 25.8. The van der Waals surface area contributed by atoms with E-state index in [1.165, 1.54) is 57.8 Å². The topological polar surface area (TPSA) is 0 Å². The first-order valence-corrected chi connectivity index (χ1v) is 17.2. The van der Waals surface area contributed by atoms with E-state index in [2.05, 4.69) is 93.7 Å². The van der Waals surface area contributed by atoms with Crippen LogP contribution < -0.4 is 0 Å². The van der Waals surface area contributed by atoms with Crippen LogP contribution in [-0.2, 0) is 0 Å². The Balaban J connectivity index is 2.13. The molecule has 0 N–H and O–H groups in total. The van der Waals surface area contributed by atoms with Crippen molar-refractivity contribution in [3.63, 3.8) is 0 Å². The Morgan fingerprint density at radius 1 is 0.464 bits per heavy atom. The van der Waals surface area contributed by atoms with Crippen LogP contribution in [0.15, 0.2) is 72.9 Å². The van der Waals surface area contributed by atoms with Gasteiger partial charge in [0.15, 0.2) is 0 Å². The Labute approximate surface area is 185 Å². The molecule has 0 unspecified atom stereocenters. The second-order valence-corrected chi connectivity index (χ2v) is 22.1. The van der Waals surface area contributed by atoms with Gasteiger partial charge >= 0.3 is 187 Å². The van der Waals surface area contributed by atoms with Crippen molar-refractivity contribution >= 4 is 0 Å². The molecule has 3 rings (SSSR count). The first-order valence-electron chi connectivity index (χ1n) is 11.8. The molecule has 0 bridgehead atoms. The van der Waals surface area contributed by atoms with E-state index in [1.54, 1.807) is 0 Å². The maximum atomic E-state index is 2.65. The van der Waals surface area contributed by atoms with Crippen molar-refractivity contribution in [1.82, 2.24) is 0 Å². The third kappa shape index (κ3) is 4.37. The predicted molar refractivity (Wildman–Crippen MR) is 121 cm³/mol. The third-order valence-corrected chi connectivity index (χ3v) is 23.7. The van der Waals surface area contributed by atoms with Crippen LogP contribution in [0.25, 0.3) is 0 Å². The van der Waals surface area contributed by atoms with Crippen molar-refractivity contribution in [2.45, 2.75) is 84.0 Å². The summed E-state index contributed by atoms with van der Waals surface area (Å²) in [7, 11) is 0. The van der Waals surface area contributed by atoms with Crippen molar-refractivity contribution in [1.29, 1.82) is 0 Å². The summed E-state index contributed by atoms with van der Waals surface area (Å²) in [6.07, 6.45) is 42.1. The summed E-state index contributed by atoms with van der Waals surface area (Å²) < 4.78 is 1.11. The fourth-order valence-electron chi connectivity index (χ4n) is 6.04. The van der Waals surface area contributed by atoms with Gasteiger partial charge in [0.25, 0.3) is 0 Å². The molecule has 0 atom stereocenters. The van der Waals surface area contributed by atoms with E-state index in [0.29, 0.717) is 5.45 Å². The van der Waals surface area contributed by atoms with Gasteiger partial charge in [-0.25, -0.2) is 0 Å². The monoisotopic (exact) mass is 502 g/mol. The molecular formula is C27H39La. The van der Waals surface area contributed by atoms with Crippen LogP contribution in [-0.4, -0.2) is 0 Å². The van der Waals surface area contributed by atoms with Crippen molar-refractivity contribution in [2.24, 2.45) is 0 Å². The molecule has 3 aliphatic rings. The Morgan fingerprint density at radius 2 is 0.714 bits per heavy atom. The predicted octanol–water partition coefficient (Wildman–Crippen LogP) is 9.03. The Hall–Kier alpha value is -0.365. The minimum absolute atomic E-state index is 0.371. The quantitative estimate of drug-likeness (QED) is 0.250. The average Bonchev–Trinajstić information content (AvgIpc) is 3.47. The number of rotatable bonds is 12. The summed E-state index contributed by atoms with van der Waals surface area (Å²) in [5.41, 5.74) is 0. The fraction of sp³-hybridized carbons (Fsp3) is 0.556. The van der Waals surface area contributed by atoms with Gasteiger partial charge in [0.05, 0.1) is 0 Å². The molecule has 0 radical (unpaired) electrons. The van der Waals surface area contributed by atoms with Gasteiger partial charge in [0.2, 0.25) is 0 Å². The molecule has 1 heteroatoms. The first-order chi connectivity index (χ1) is 13.7. The molecule has 0 aliphatic heterocycles. The van der Waals surface area contributed by atoms with Crippen LogP contribution in [0.2, 0.25) is 5.45 Å². The van der Waals surface area contributed by atoms with E-state index >= 15 is 0 Å². The van der Waals surface area contributed by atoms with Crippen LogP contribution in [0, 0.1) is 30.0 Å².